The average Bonchev–Trinajstić information content (AvgIpc) is 3.29. The van der Waals surface area contributed by atoms with Gasteiger partial charge in [-0.2, -0.15) is 5.10 Å². The molecule has 0 saturated carbocycles. The van der Waals surface area contributed by atoms with Gasteiger partial charge in [-0.05, 0) is 55.0 Å². The van der Waals surface area contributed by atoms with Crippen LogP contribution < -0.4 is 25.4 Å². The maximum atomic E-state index is 12.7. The smallest absolute Gasteiger partial charge is 0.269 e. The minimum atomic E-state index is -0.240. The van der Waals surface area contributed by atoms with Gasteiger partial charge in [0, 0.05) is 31.9 Å². The van der Waals surface area contributed by atoms with Crippen LogP contribution in [0.4, 0.5) is 17.5 Å². The number of aromatic nitrogens is 5. The molecule has 3 N–H and O–H groups in total. The monoisotopic (exact) mass is 488 g/mol. The van der Waals surface area contributed by atoms with Crippen molar-refractivity contribution < 1.29 is 14.3 Å². The summed E-state index contributed by atoms with van der Waals surface area (Å²) >= 11 is 0. The van der Waals surface area contributed by atoms with E-state index in [9.17, 15) is 4.79 Å². The van der Waals surface area contributed by atoms with E-state index in [0.717, 1.165) is 11.1 Å². The number of hydrogen-bond acceptors (Lipinski definition) is 9. The molecule has 0 radical (unpaired) electrons. The summed E-state index contributed by atoms with van der Waals surface area (Å²) in [4.78, 5) is 17.0. The van der Waals surface area contributed by atoms with E-state index in [1.807, 2.05) is 31.2 Å². The molecule has 0 spiro atoms. The summed E-state index contributed by atoms with van der Waals surface area (Å²) in [5.41, 5.74) is 2.86. The Hall–Kier alpha value is -4.67. The topological polar surface area (TPSA) is 128 Å². The molecule has 0 bridgehead atoms. The van der Waals surface area contributed by atoms with Gasteiger partial charge < -0.3 is 25.4 Å². The highest BCUT2D eigenvalue weighted by Gasteiger charge is 2.17. The van der Waals surface area contributed by atoms with Gasteiger partial charge in [0.2, 0.25) is 0 Å². The summed E-state index contributed by atoms with van der Waals surface area (Å²) in [7, 11) is 4.90. The number of carbonyl (C=O) groups excluding carboxylic acids is 1. The molecular formula is C25H28N8O3. The maximum absolute atomic E-state index is 12.7. The van der Waals surface area contributed by atoms with Gasteiger partial charge in [-0.3, -0.25) is 9.48 Å². The van der Waals surface area contributed by atoms with Crippen molar-refractivity contribution in [3.05, 3.63) is 66.0 Å². The van der Waals surface area contributed by atoms with Crippen LogP contribution in [0.1, 0.15) is 16.1 Å². The van der Waals surface area contributed by atoms with Crippen LogP contribution in [0.5, 0.6) is 11.5 Å². The van der Waals surface area contributed by atoms with Crippen molar-refractivity contribution in [2.24, 2.45) is 7.05 Å². The van der Waals surface area contributed by atoms with Crippen molar-refractivity contribution >= 4 is 23.4 Å². The van der Waals surface area contributed by atoms with E-state index in [-0.39, 0.29) is 5.91 Å². The van der Waals surface area contributed by atoms with Crippen LogP contribution in [-0.4, -0.2) is 58.2 Å². The van der Waals surface area contributed by atoms with Gasteiger partial charge in [-0.15, -0.1) is 10.2 Å². The molecule has 36 heavy (non-hydrogen) atoms. The minimum absolute atomic E-state index is 0.240. The number of methoxy groups -OCH3 is 2. The number of nitrogens with one attached hydrogen (secondary N) is 3. The van der Waals surface area contributed by atoms with E-state index < -0.39 is 0 Å². The molecule has 1 aromatic carbocycles. The van der Waals surface area contributed by atoms with Crippen molar-refractivity contribution in [1.82, 2.24) is 30.3 Å². The van der Waals surface area contributed by atoms with Crippen LogP contribution in [0.3, 0.4) is 0 Å². The summed E-state index contributed by atoms with van der Waals surface area (Å²) in [6.07, 6.45) is 1.78. The van der Waals surface area contributed by atoms with Crippen LogP contribution in [-0.2, 0) is 7.05 Å². The number of rotatable bonds is 10. The molecule has 0 fully saturated rings. The lowest BCUT2D eigenvalue weighted by atomic mass is 10.1. The number of anilines is 3. The summed E-state index contributed by atoms with van der Waals surface area (Å²) in [5.74, 6) is 2.96. The lowest BCUT2D eigenvalue weighted by Gasteiger charge is -2.08. The zero-order valence-corrected chi connectivity index (χ0v) is 20.6. The number of amides is 1. The van der Waals surface area contributed by atoms with Crippen molar-refractivity contribution in [2.45, 2.75) is 6.92 Å². The highest BCUT2D eigenvalue weighted by atomic mass is 16.5. The largest absolute Gasteiger partial charge is 0.497 e. The summed E-state index contributed by atoms with van der Waals surface area (Å²) in [6.45, 7) is 2.84. The van der Waals surface area contributed by atoms with Crippen LogP contribution >= 0.6 is 0 Å². The van der Waals surface area contributed by atoms with Crippen LogP contribution in [0.2, 0.25) is 0 Å². The van der Waals surface area contributed by atoms with Gasteiger partial charge >= 0.3 is 0 Å². The molecule has 0 saturated heterocycles. The SMILES string of the molecule is COc1ccc(OC)c(-c2cc(C(=O)NCCNc3ccc(Nc4ccc(C)cn4)nn3)n(C)n2)c1. The summed E-state index contributed by atoms with van der Waals surface area (Å²) in [6, 6.07) is 14.6. The minimum Gasteiger partial charge on any atom is -0.497 e. The molecule has 11 heteroatoms. The number of ether oxygens (including phenoxy) is 2. The maximum Gasteiger partial charge on any atom is 0.269 e. The zero-order valence-electron chi connectivity index (χ0n) is 20.6. The Kier molecular flexibility index (Phi) is 7.59. The molecule has 1 amide bonds. The highest BCUT2D eigenvalue weighted by Crippen LogP contribution is 2.32. The van der Waals surface area contributed by atoms with Crippen LogP contribution in [0.25, 0.3) is 11.3 Å². The molecule has 4 rings (SSSR count). The van der Waals surface area contributed by atoms with Crippen LogP contribution in [0.15, 0.2) is 54.7 Å². The lowest BCUT2D eigenvalue weighted by molar-refractivity contribution is 0.0946. The molecule has 0 atom stereocenters. The summed E-state index contributed by atoms with van der Waals surface area (Å²) < 4.78 is 12.3. The Morgan fingerprint density at radius 3 is 2.42 bits per heavy atom. The van der Waals surface area contributed by atoms with E-state index >= 15 is 0 Å². The highest BCUT2D eigenvalue weighted by molar-refractivity contribution is 5.94. The molecule has 0 aliphatic carbocycles. The van der Waals surface area contributed by atoms with E-state index in [1.165, 1.54) is 4.68 Å². The first-order valence-corrected chi connectivity index (χ1v) is 11.3. The Bertz CT molecular complexity index is 1320. The van der Waals surface area contributed by atoms with Gasteiger partial charge in [-0.1, -0.05) is 6.07 Å². The van der Waals surface area contributed by atoms with Crippen molar-refractivity contribution in [2.75, 3.05) is 37.9 Å². The number of aryl methyl sites for hydroxylation is 2. The first-order valence-electron chi connectivity index (χ1n) is 11.3. The fourth-order valence-corrected chi connectivity index (χ4v) is 3.45. The second kappa shape index (κ2) is 11.2. The van der Waals surface area contributed by atoms with Crippen molar-refractivity contribution in [3.63, 3.8) is 0 Å². The predicted molar refractivity (Wildman–Crippen MR) is 137 cm³/mol. The molecular weight excluding hydrogens is 460 g/mol. The lowest BCUT2D eigenvalue weighted by Crippen LogP contribution is -2.30. The van der Waals surface area contributed by atoms with Gasteiger partial charge in [0.1, 0.15) is 28.8 Å². The van der Waals surface area contributed by atoms with Gasteiger partial charge in [-0.25, -0.2) is 4.98 Å². The van der Waals surface area contributed by atoms with Gasteiger partial charge in [0.05, 0.1) is 19.9 Å². The standard InChI is InChI=1S/C25H28N8O3/c1-16-5-8-22(28-15-16)29-24-10-9-23(30-31-24)26-11-12-27-25(34)20-14-19(32-33(20)2)18-13-17(35-3)6-7-21(18)36-4/h5-10,13-15H,11-12H2,1-4H3,(H,26,30)(H,27,34)(H,28,29,31). The molecule has 0 aliphatic rings. The predicted octanol–water partition coefficient (Wildman–Crippen LogP) is 3.18. The third kappa shape index (κ3) is 5.87. The number of pyridine rings is 1. The zero-order chi connectivity index (χ0) is 25.5. The molecule has 186 valence electrons. The second-order valence-corrected chi connectivity index (χ2v) is 7.94. The van der Waals surface area contributed by atoms with Gasteiger partial charge in [0.25, 0.3) is 5.91 Å². The normalized spacial score (nSPS) is 10.6. The average molecular weight is 489 g/mol. The van der Waals surface area contributed by atoms with Crippen molar-refractivity contribution in [3.8, 4) is 22.8 Å². The summed E-state index contributed by atoms with van der Waals surface area (Å²) in [5, 5.41) is 21.9. The third-order valence-electron chi connectivity index (χ3n) is 5.34. The molecule has 0 aliphatic heterocycles. The van der Waals surface area contributed by atoms with E-state index in [1.54, 1.807) is 51.7 Å². The van der Waals surface area contributed by atoms with Crippen molar-refractivity contribution in [1.29, 1.82) is 0 Å². The quantitative estimate of drug-likeness (QED) is 0.288. The Morgan fingerprint density at radius 1 is 0.944 bits per heavy atom. The fourth-order valence-electron chi connectivity index (χ4n) is 3.45. The molecule has 4 aromatic rings. The first kappa shape index (κ1) is 24.5. The molecule has 0 unspecified atom stereocenters. The first-order chi connectivity index (χ1) is 17.5. The molecule has 3 aromatic heterocycles. The molecule has 3 heterocycles. The Labute approximate surface area is 208 Å². The number of hydrogen-bond donors (Lipinski definition) is 3. The number of nitrogens with zero attached hydrogens (tertiary/aromatic N) is 5. The second-order valence-electron chi connectivity index (χ2n) is 7.94. The third-order valence-corrected chi connectivity index (χ3v) is 5.34. The Morgan fingerprint density at radius 2 is 1.72 bits per heavy atom. The Balaban J connectivity index is 1.30. The number of carbonyl (C=O) groups is 1. The van der Waals surface area contributed by atoms with E-state index in [2.05, 4.69) is 36.2 Å². The van der Waals surface area contributed by atoms with Gasteiger partial charge in [0.15, 0.2) is 5.82 Å². The molecule has 11 nitrogen and oxygen atoms in total. The van der Waals surface area contributed by atoms with Crippen LogP contribution in [0, 0.1) is 6.92 Å². The van der Waals surface area contributed by atoms with E-state index in [0.29, 0.717) is 53.4 Å². The number of benzene rings is 1. The van der Waals surface area contributed by atoms with E-state index in [4.69, 9.17) is 9.47 Å². The fraction of sp³-hybridized carbons (Fsp3) is 0.240.